The molecule has 1 amide bonds. The third kappa shape index (κ3) is 5.94. The second-order valence-corrected chi connectivity index (χ2v) is 10.5. The van der Waals surface area contributed by atoms with E-state index in [0.29, 0.717) is 29.1 Å². The number of hydrogen-bond acceptors (Lipinski definition) is 6. The van der Waals surface area contributed by atoms with Crippen LogP contribution in [0.1, 0.15) is 37.6 Å². The summed E-state index contributed by atoms with van der Waals surface area (Å²) >= 11 is 3.31. The zero-order valence-corrected chi connectivity index (χ0v) is 20.7. The molecule has 0 saturated carbocycles. The van der Waals surface area contributed by atoms with E-state index in [2.05, 4.69) is 18.8 Å². The first kappa shape index (κ1) is 23.3. The van der Waals surface area contributed by atoms with Crippen LogP contribution in [0.2, 0.25) is 0 Å². The summed E-state index contributed by atoms with van der Waals surface area (Å²) in [5, 5.41) is 1.20. The number of carbonyl (C=O) groups excluding carboxylic acids is 1. The molecule has 0 aliphatic heterocycles. The topological polar surface area (TPSA) is 60.2 Å². The van der Waals surface area contributed by atoms with Crippen molar-refractivity contribution in [2.75, 3.05) is 18.1 Å². The third-order valence-corrected chi connectivity index (χ3v) is 7.02. The minimum Gasteiger partial charge on any atom is -0.494 e. The number of carbonyl (C=O) groups is 1. The molecule has 4 aromatic rings. The van der Waals surface area contributed by atoms with Gasteiger partial charge in [0.05, 0.1) is 23.2 Å². The molecule has 0 atom stereocenters. The molecule has 2 heterocycles. The van der Waals surface area contributed by atoms with Gasteiger partial charge < -0.3 is 9.30 Å². The SMILES string of the molecule is CCOc1ccc2nc(N(CCCn3ccnc3)C(=O)c3ccc(SC(C)C)cc3)sc2c1. The van der Waals surface area contributed by atoms with Crippen molar-refractivity contribution in [2.45, 2.75) is 43.9 Å². The number of aromatic nitrogens is 3. The Hall–Kier alpha value is -2.84. The van der Waals surface area contributed by atoms with Crippen molar-refractivity contribution in [3.8, 4) is 5.75 Å². The van der Waals surface area contributed by atoms with Gasteiger partial charge in [0.25, 0.3) is 5.91 Å². The number of aryl methyl sites for hydroxylation is 1. The number of fused-ring (bicyclic) bond motifs is 1. The smallest absolute Gasteiger partial charge is 0.260 e. The van der Waals surface area contributed by atoms with Crippen molar-refractivity contribution in [3.05, 3.63) is 66.7 Å². The molecule has 0 spiro atoms. The zero-order valence-electron chi connectivity index (χ0n) is 19.1. The molecule has 172 valence electrons. The number of anilines is 1. The van der Waals surface area contributed by atoms with E-state index in [1.54, 1.807) is 29.2 Å². The van der Waals surface area contributed by atoms with Crippen molar-refractivity contribution >= 4 is 44.4 Å². The largest absolute Gasteiger partial charge is 0.494 e. The highest BCUT2D eigenvalue weighted by atomic mass is 32.2. The molecule has 8 heteroatoms. The van der Waals surface area contributed by atoms with Crippen molar-refractivity contribution in [1.82, 2.24) is 14.5 Å². The molecule has 0 fully saturated rings. The Morgan fingerprint density at radius 2 is 2.03 bits per heavy atom. The van der Waals surface area contributed by atoms with Crippen LogP contribution >= 0.6 is 23.1 Å². The van der Waals surface area contributed by atoms with Gasteiger partial charge in [-0.25, -0.2) is 9.97 Å². The van der Waals surface area contributed by atoms with Crippen LogP contribution in [-0.2, 0) is 6.54 Å². The quantitative estimate of drug-likeness (QED) is 0.256. The first-order valence-corrected chi connectivity index (χ1v) is 12.8. The van der Waals surface area contributed by atoms with Gasteiger partial charge in [-0.2, -0.15) is 0 Å². The van der Waals surface area contributed by atoms with Crippen molar-refractivity contribution in [1.29, 1.82) is 0 Å². The second-order valence-electron chi connectivity index (χ2n) is 7.86. The molecule has 0 aliphatic carbocycles. The lowest BCUT2D eigenvalue weighted by Crippen LogP contribution is -2.32. The van der Waals surface area contributed by atoms with Crippen molar-refractivity contribution in [2.24, 2.45) is 0 Å². The lowest BCUT2D eigenvalue weighted by Gasteiger charge is -2.20. The highest BCUT2D eigenvalue weighted by Crippen LogP contribution is 2.33. The monoisotopic (exact) mass is 480 g/mol. The van der Waals surface area contributed by atoms with Crippen molar-refractivity contribution in [3.63, 3.8) is 0 Å². The Labute approximate surface area is 202 Å². The molecule has 33 heavy (non-hydrogen) atoms. The first-order chi connectivity index (χ1) is 16.0. The van der Waals surface area contributed by atoms with Crippen molar-refractivity contribution < 1.29 is 9.53 Å². The Morgan fingerprint density at radius 3 is 2.73 bits per heavy atom. The van der Waals surface area contributed by atoms with Gasteiger partial charge in [-0.3, -0.25) is 9.69 Å². The summed E-state index contributed by atoms with van der Waals surface area (Å²) in [5.74, 6) is 0.780. The number of ether oxygens (including phenoxy) is 1. The fourth-order valence-electron chi connectivity index (χ4n) is 3.48. The first-order valence-electron chi connectivity index (χ1n) is 11.1. The van der Waals surface area contributed by atoms with E-state index >= 15 is 0 Å². The van der Waals surface area contributed by atoms with Crippen LogP contribution in [0.5, 0.6) is 5.75 Å². The average molecular weight is 481 g/mol. The molecule has 4 rings (SSSR count). The minimum absolute atomic E-state index is 0.0363. The molecule has 0 aliphatic rings. The number of rotatable bonds is 10. The molecule has 0 radical (unpaired) electrons. The Kier molecular flexibility index (Phi) is 7.67. The van der Waals surface area contributed by atoms with Crippen LogP contribution in [-0.4, -0.2) is 38.8 Å². The Bertz CT molecular complexity index is 1190. The zero-order chi connectivity index (χ0) is 23.2. The van der Waals surface area contributed by atoms with E-state index in [9.17, 15) is 4.79 Å². The molecule has 6 nitrogen and oxygen atoms in total. The Morgan fingerprint density at radius 1 is 1.21 bits per heavy atom. The lowest BCUT2D eigenvalue weighted by molar-refractivity contribution is 0.0986. The third-order valence-electron chi connectivity index (χ3n) is 4.97. The maximum Gasteiger partial charge on any atom is 0.260 e. The van der Waals surface area contributed by atoms with Gasteiger partial charge in [0, 0.05) is 41.2 Å². The van der Waals surface area contributed by atoms with E-state index in [-0.39, 0.29) is 5.91 Å². The predicted octanol–water partition coefficient (Wildman–Crippen LogP) is 6.13. The van der Waals surface area contributed by atoms with Gasteiger partial charge >= 0.3 is 0 Å². The van der Waals surface area contributed by atoms with Crippen LogP contribution in [0.3, 0.4) is 0 Å². The summed E-state index contributed by atoms with van der Waals surface area (Å²) in [4.78, 5) is 25.4. The molecule has 2 aromatic carbocycles. The second kappa shape index (κ2) is 10.9. The number of hydrogen-bond donors (Lipinski definition) is 0. The van der Waals surface area contributed by atoms with Gasteiger partial charge in [-0.05, 0) is 55.8 Å². The number of benzene rings is 2. The average Bonchev–Trinajstić information content (AvgIpc) is 3.46. The predicted molar refractivity (Wildman–Crippen MR) is 137 cm³/mol. The number of amides is 1. The summed E-state index contributed by atoms with van der Waals surface area (Å²) in [6.07, 6.45) is 6.29. The summed E-state index contributed by atoms with van der Waals surface area (Å²) in [6.45, 7) is 8.26. The maximum atomic E-state index is 13.6. The number of thiazole rings is 1. The standard InChI is InChI=1S/C25H28N4O2S2/c1-4-31-20-8-11-22-23(16-20)33-25(27-22)29(14-5-13-28-15-12-26-17-28)24(30)19-6-9-21(10-7-19)32-18(2)3/h6-12,15-18H,4-5,13-14H2,1-3H3. The molecule has 0 saturated heterocycles. The number of nitrogens with zero attached hydrogens (tertiary/aromatic N) is 4. The molecule has 2 aromatic heterocycles. The van der Waals surface area contributed by atoms with E-state index < -0.39 is 0 Å². The molecular weight excluding hydrogens is 452 g/mol. The van der Waals surface area contributed by atoms with Crippen LogP contribution in [0.15, 0.2) is 66.1 Å². The molecule has 0 unspecified atom stereocenters. The summed E-state index contributed by atoms with van der Waals surface area (Å²) < 4.78 is 8.66. The highest BCUT2D eigenvalue weighted by molar-refractivity contribution is 7.99. The maximum absolute atomic E-state index is 13.6. The summed E-state index contributed by atoms with van der Waals surface area (Å²) in [5.41, 5.74) is 1.54. The van der Waals surface area contributed by atoms with Crippen LogP contribution in [0.4, 0.5) is 5.13 Å². The van der Waals surface area contributed by atoms with E-state index in [1.165, 1.54) is 11.3 Å². The minimum atomic E-state index is -0.0363. The van der Waals surface area contributed by atoms with Gasteiger partial charge in [0.1, 0.15) is 5.75 Å². The molecule has 0 N–H and O–H groups in total. The van der Waals surface area contributed by atoms with Gasteiger partial charge in [0.2, 0.25) is 0 Å². The lowest BCUT2D eigenvalue weighted by atomic mass is 10.2. The van der Waals surface area contributed by atoms with Crippen LogP contribution < -0.4 is 9.64 Å². The number of imidazole rings is 1. The molecular formula is C25H28N4O2S2. The van der Waals surface area contributed by atoms with E-state index in [1.807, 2.05) is 60.2 Å². The molecule has 0 bridgehead atoms. The summed E-state index contributed by atoms with van der Waals surface area (Å²) in [6, 6.07) is 13.7. The van der Waals surface area contributed by atoms with Gasteiger partial charge in [0.15, 0.2) is 5.13 Å². The van der Waals surface area contributed by atoms with Gasteiger partial charge in [-0.1, -0.05) is 25.2 Å². The van der Waals surface area contributed by atoms with E-state index in [0.717, 1.165) is 33.8 Å². The van der Waals surface area contributed by atoms with Crippen LogP contribution in [0, 0.1) is 0 Å². The number of thioether (sulfide) groups is 1. The summed E-state index contributed by atoms with van der Waals surface area (Å²) in [7, 11) is 0. The van der Waals surface area contributed by atoms with E-state index in [4.69, 9.17) is 9.72 Å². The van der Waals surface area contributed by atoms with Crippen LogP contribution in [0.25, 0.3) is 10.2 Å². The highest BCUT2D eigenvalue weighted by Gasteiger charge is 2.21. The fourth-order valence-corrected chi connectivity index (χ4v) is 5.34. The normalized spacial score (nSPS) is 11.3. The fraction of sp³-hybridized carbons (Fsp3) is 0.320. The van der Waals surface area contributed by atoms with Gasteiger partial charge in [-0.15, -0.1) is 11.8 Å². The Balaban J connectivity index is 1.59.